The summed E-state index contributed by atoms with van der Waals surface area (Å²) in [5, 5.41) is 2.99. The molecular weight excluding hydrogens is 304 g/mol. The van der Waals surface area contributed by atoms with Crippen LogP contribution in [-0.2, 0) is 0 Å². The number of benzene rings is 1. The van der Waals surface area contributed by atoms with Crippen LogP contribution < -0.4 is 5.32 Å². The first kappa shape index (κ1) is 14.5. The Morgan fingerprint density at radius 1 is 1.11 bits per heavy atom. The minimum Gasteiger partial charge on any atom is -0.351 e. The van der Waals surface area contributed by atoms with Gasteiger partial charge in [0.25, 0.3) is 5.91 Å². The van der Waals surface area contributed by atoms with Crippen molar-refractivity contribution >= 4 is 21.8 Å². The second kappa shape index (κ2) is 7.65. The van der Waals surface area contributed by atoms with E-state index in [1.807, 2.05) is 24.3 Å². The maximum Gasteiger partial charge on any atom is 0.251 e. The molecule has 19 heavy (non-hydrogen) atoms. The minimum atomic E-state index is 0.0160. The first-order valence-corrected chi connectivity index (χ1v) is 7.81. The molecule has 2 rings (SSSR count). The van der Waals surface area contributed by atoms with Crippen molar-refractivity contribution in [3.63, 3.8) is 0 Å². The van der Waals surface area contributed by atoms with Crippen LogP contribution >= 0.6 is 15.9 Å². The molecule has 3 nitrogen and oxygen atoms in total. The van der Waals surface area contributed by atoms with Crippen LogP contribution in [0.5, 0.6) is 0 Å². The molecule has 0 spiro atoms. The molecule has 4 heteroatoms. The number of carbonyl (C=O) groups excluding carboxylic acids is 1. The average molecular weight is 325 g/mol. The number of carbonyl (C=O) groups is 1. The summed E-state index contributed by atoms with van der Waals surface area (Å²) in [7, 11) is 0. The predicted molar refractivity (Wildman–Crippen MR) is 81.4 cm³/mol. The van der Waals surface area contributed by atoms with Crippen molar-refractivity contribution < 1.29 is 4.79 Å². The van der Waals surface area contributed by atoms with Gasteiger partial charge in [0.15, 0.2) is 0 Å². The first-order chi connectivity index (χ1) is 9.25. The zero-order valence-electron chi connectivity index (χ0n) is 11.2. The van der Waals surface area contributed by atoms with E-state index in [1.165, 1.54) is 38.8 Å². The van der Waals surface area contributed by atoms with Crippen molar-refractivity contribution in [1.29, 1.82) is 0 Å². The highest BCUT2D eigenvalue weighted by Gasteiger charge is 2.09. The molecule has 1 heterocycles. The van der Waals surface area contributed by atoms with Gasteiger partial charge in [-0.3, -0.25) is 4.79 Å². The summed E-state index contributed by atoms with van der Waals surface area (Å²) < 4.78 is 0.994. The number of amides is 1. The van der Waals surface area contributed by atoms with Gasteiger partial charge in [-0.2, -0.15) is 0 Å². The quantitative estimate of drug-likeness (QED) is 0.923. The number of rotatable bonds is 4. The van der Waals surface area contributed by atoms with Crippen LogP contribution in [0.3, 0.4) is 0 Å². The van der Waals surface area contributed by atoms with Gasteiger partial charge in [-0.15, -0.1) is 0 Å². The minimum absolute atomic E-state index is 0.0160. The smallest absolute Gasteiger partial charge is 0.251 e. The summed E-state index contributed by atoms with van der Waals surface area (Å²) in [6.45, 7) is 4.04. The number of hydrogen-bond acceptors (Lipinski definition) is 2. The monoisotopic (exact) mass is 324 g/mol. The number of halogens is 1. The molecule has 1 aromatic carbocycles. The van der Waals surface area contributed by atoms with Crippen molar-refractivity contribution in [2.75, 3.05) is 26.2 Å². The molecule has 0 saturated carbocycles. The van der Waals surface area contributed by atoms with E-state index >= 15 is 0 Å². The highest BCUT2D eigenvalue weighted by atomic mass is 79.9. The Balaban J connectivity index is 1.72. The molecule has 0 radical (unpaired) electrons. The zero-order chi connectivity index (χ0) is 13.5. The third kappa shape index (κ3) is 4.96. The van der Waals surface area contributed by atoms with Gasteiger partial charge >= 0.3 is 0 Å². The molecule has 1 fully saturated rings. The average Bonchev–Trinajstić information content (AvgIpc) is 2.68. The highest BCUT2D eigenvalue weighted by molar-refractivity contribution is 9.10. The molecule has 0 atom stereocenters. The van der Waals surface area contributed by atoms with Gasteiger partial charge in [0.1, 0.15) is 0 Å². The van der Waals surface area contributed by atoms with Crippen molar-refractivity contribution in [3.8, 4) is 0 Å². The largest absolute Gasteiger partial charge is 0.351 e. The standard InChI is InChI=1S/C15H21BrN2O/c16-14-7-5-13(6-8-14)15(19)17-9-12-18-10-3-1-2-4-11-18/h5-8H,1-4,9-12H2,(H,17,19). The van der Waals surface area contributed by atoms with E-state index < -0.39 is 0 Å². The van der Waals surface area contributed by atoms with Crippen LogP contribution in [0.4, 0.5) is 0 Å². The van der Waals surface area contributed by atoms with Gasteiger partial charge < -0.3 is 10.2 Å². The van der Waals surface area contributed by atoms with E-state index in [0.29, 0.717) is 0 Å². The second-order valence-electron chi connectivity index (χ2n) is 5.02. The lowest BCUT2D eigenvalue weighted by atomic mass is 10.2. The molecule has 0 aliphatic carbocycles. The van der Waals surface area contributed by atoms with Crippen LogP contribution in [0.1, 0.15) is 36.0 Å². The summed E-state index contributed by atoms with van der Waals surface area (Å²) in [5.74, 6) is 0.0160. The van der Waals surface area contributed by atoms with Crippen LogP contribution in [0.25, 0.3) is 0 Å². The van der Waals surface area contributed by atoms with Crippen molar-refractivity contribution in [2.24, 2.45) is 0 Å². The van der Waals surface area contributed by atoms with E-state index in [4.69, 9.17) is 0 Å². The fourth-order valence-electron chi connectivity index (χ4n) is 2.39. The Bertz CT molecular complexity index is 397. The SMILES string of the molecule is O=C(NCCN1CCCCCC1)c1ccc(Br)cc1. The van der Waals surface area contributed by atoms with Gasteiger partial charge in [0.05, 0.1) is 0 Å². The third-order valence-electron chi connectivity index (χ3n) is 3.52. The van der Waals surface area contributed by atoms with Crippen molar-refractivity contribution in [3.05, 3.63) is 34.3 Å². The van der Waals surface area contributed by atoms with E-state index in [0.717, 1.165) is 23.1 Å². The lowest BCUT2D eigenvalue weighted by molar-refractivity contribution is 0.0948. The fraction of sp³-hybridized carbons (Fsp3) is 0.533. The maximum atomic E-state index is 11.9. The van der Waals surface area contributed by atoms with E-state index in [-0.39, 0.29) is 5.91 Å². The molecule has 1 aliphatic rings. The second-order valence-corrected chi connectivity index (χ2v) is 5.93. The number of likely N-dealkylation sites (tertiary alicyclic amines) is 1. The number of hydrogen-bond donors (Lipinski definition) is 1. The van der Waals surface area contributed by atoms with E-state index in [2.05, 4.69) is 26.1 Å². The lowest BCUT2D eigenvalue weighted by Gasteiger charge is -2.19. The van der Waals surface area contributed by atoms with Gasteiger partial charge in [-0.1, -0.05) is 28.8 Å². The summed E-state index contributed by atoms with van der Waals surface area (Å²) in [6, 6.07) is 7.46. The summed E-state index contributed by atoms with van der Waals surface area (Å²) in [6.07, 6.45) is 5.28. The molecule has 0 unspecified atom stereocenters. The maximum absolute atomic E-state index is 11.9. The van der Waals surface area contributed by atoms with E-state index in [9.17, 15) is 4.79 Å². The van der Waals surface area contributed by atoms with Gasteiger partial charge in [-0.25, -0.2) is 0 Å². The molecule has 1 N–H and O–H groups in total. The zero-order valence-corrected chi connectivity index (χ0v) is 12.8. The van der Waals surface area contributed by atoms with Gasteiger partial charge in [0.2, 0.25) is 0 Å². The fourth-order valence-corrected chi connectivity index (χ4v) is 2.65. The van der Waals surface area contributed by atoms with Gasteiger partial charge in [-0.05, 0) is 50.2 Å². The Morgan fingerprint density at radius 3 is 2.37 bits per heavy atom. The normalized spacial score (nSPS) is 16.9. The molecular formula is C15H21BrN2O. The Kier molecular flexibility index (Phi) is 5.86. The predicted octanol–water partition coefficient (Wildman–Crippen LogP) is 3.05. The van der Waals surface area contributed by atoms with Gasteiger partial charge in [0, 0.05) is 23.1 Å². The topological polar surface area (TPSA) is 32.3 Å². The Hall–Kier alpha value is -0.870. The molecule has 1 aromatic rings. The summed E-state index contributed by atoms with van der Waals surface area (Å²) in [5.41, 5.74) is 0.721. The van der Waals surface area contributed by atoms with Crippen LogP contribution in [0.2, 0.25) is 0 Å². The molecule has 0 aromatic heterocycles. The lowest BCUT2D eigenvalue weighted by Crippen LogP contribution is -2.35. The van der Waals surface area contributed by atoms with Crippen LogP contribution in [0, 0.1) is 0 Å². The van der Waals surface area contributed by atoms with Crippen LogP contribution in [0.15, 0.2) is 28.7 Å². The Morgan fingerprint density at radius 2 is 1.74 bits per heavy atom. The molecule has 1 aliphatic heterocycles. The molecule has 104 valence electrons. The number of nitrogens with zero attached hydrogens (tertiary/aromatic N) is 1. The highest BCUT2D eigenvalue weighted by Crippen LogP contribution is 2.11. The van der Waals surface area contributed by atoms with E-state index in [1.54, 1.807) is 0 Å². The van der Waals surface area contributed by atoms with Crippen molar-refractivity contribution in [2.45, 2.75) is 25.7 Å². The number of nitrogens with one attached hydrogen (secondary N) is 1. The molecule has 1 amide bonds. The summed E-state index contributed by atoms with van der Waals surface area (Å²) in [4.78, 5) is 14.4. The Labute approximate surface area is 123 Å². The molecule has 0 bridgehead atoms. The first-order valence-electron chi connectivity index (χ1n) is 7.02. The third-order valence-corrected chi connectivity index (χ3v) is 4.05. The molecule has 1 saturated heterocycles. The van der Waals surface area contributed by atoms with Crippen LogP contribution in [-0.4, -0.2) is 37.0 Å². The van der Waals surface area contributed by atoms with Crippen molar-refractivity contribution in [1.82, 2.24) is 10.2 Å². The summed E-state index contributed by atoms with van der Waals surface area (Å²) >= 11 is 3.37.